The zero-order chi connectivity index (χ0) is 78.4. The average Bonchev–Trinajstić information content (AvgIpc) is 1.49. The Morgan fingerprint density at radius 3 is 1.22 bits per heavy atom. The third-order valence-corrected chi connectivity index (χ3v) is 21.8. The molecule has 44 heteroatoms. The van der Waals surface area contributed by atoms with Gasteiger partial charge in [-0.3, -0.25) is 13.2 Å². The van der Waals surface area contributed by atoms with Crippen LogP contribution in [0.3, 0.4) is 0 Å². The van der Waals surface area contributed by atoms with Gasteiger partial charge in [0.1, 0.15) is 11.2 Å². The van der Waals surface area contributed by atoms with E-state index in [1.165, 1.54) is 23.5 Å². The van der Waals surface area contributed by atoms with Gasteiger partial charge in [-0.15, -0.1) is 12.6 Å². The summed E-state index contributed by atoms with van der Waals surface area (Å²) in [6.45, 7) is 22.3. The lowest BCUT2D eigenvalue weighted by molar-refractivity contribution is 0.0435. The number of hydrogen-bond donors (Lipinski definition) is 6. The third-order valence-electron chi connectivity index (χ3n) is 15.9. The normalized spacial score (nSPS) is 15.8. The zero-order valence-electron chi connectivity index (χ0n) is 59.8. The third kappa shape index (κ3) is 25.1. The molecule has 0 bridgehead atoms. The largest absolute Gasteiger partial charge is 0.444 e. The van der Waals surface area contributed by atoms with Crippen molar-refractivity contribution in [2.24, 2.45) is 79.5 Å². The predicted octanol–water partition coefficient (Wildman–Crippen LogP) is 19.3. The Labute approximate surface area is 673 Å². The Kier molecular flexibility index (Phi) is 31.1. The number of halogens is 7. The van der Waals surface area contributed by atoms with E-state index in [0.717, 1.165) is 137 Å². The number of anilines is 3. The number of amides is 2. The fourth-order valence-electron chi connectivity index (χ4n) is 10.5. The van der Waals surface area contributed by atoms with E-state index < -0.39 is 11.2 Å². The van der Waals surface area contributed by atoms with Gasteiger partial charge in [0.05, 0.1) is 44.4 Å². The topological polar surface area (TPSA) is 414 Å². The molecule has 3 fully saturated rings. The first kappa shape index (κ1) is 85.3. The molecule has 9 aromatic rings. The van der Waals surface area contributed by atoms with Gasteiger partial charge < -0.3 is 46.4 Å². The summed E-state index contributed by atoms with van der Waals surface area (Å²) in [6.07, 6.45) is 20.9. The van der Waals surface area contributed by atoms with E-state index in [-0.39, 0.29) is 28.8 Å². The molecule has 34 nitrogen and oxygen atoms in total. The number of nitrogens with zero attached hydrogens (tertiary/aromatic N) is 25. The predicted molar refractivity (Wildman–Crippen MR) is 422 cm³/mol. The summed E-state index contributed by atoms with van der Waals surface area (Å²) < 4.78 is 17.7. The number of aromatic nitrogens is 9. The van der Waals surface area contributed by atoms with Crippen LogP contribution in [0.15, 0.2) is 207 Å². The van der Waals surface area contributed by atoms with Crippen LogP contribution in [-0.2, 0) is 9.47 Å². The summed E-state index contributed by atoms with van der Waals surface area (Å²) in [5.74, 6) is 7.16. The molecular weight excluding hydrogens is 1640 g/mol. The smallest absolute Gasteiger partial charge is 0.408 e. The summed E-state index contributed by atoms with van der Waals surface area (Å²) in [7, 11) is 0. The Morgan fingerprint density at radius 2 is 0.852 bits per heavy atom. The molecule has 9 heterocycles. The highest BCUT2D eigenvalue weighted by Crippen LogP contribution is 2.41. The number of benzene rings is 3. The highest BCUT2D eigenvalue weighted by molar-refractivity contribution is 9.10. The Balaban J connectivity index is 0.000000179. The van der Waals surface area contributed by atoms with E-state index in [2.05, 4.69) is 168 Å². The maximum absolute atomic E-state index is 12.3. The van der Waals surface area contributed by atoms with E-state index in [1.54, 1.807) is 55.1 Å². The van der Waals surface area contributed by atoms with Crippen LogP contribution in [-0.4, -0.2) is 122 Å². The van der Waals surface area contributed by atoms with Gasteiger partial charge in [-0.05, 0) is 216 Å². The van der Waals surface area contributed by atoms with Crippen LogP contribution in [0, 0.1) is 5.53 Å². The molecule has 0 saturated carbocycles. The van der Waals surface area contributed by atoms with Gasteiger partial charge >= 0.3 is 12.2 Å². The van der Waals surface area contributed by atoms with Gasteiger partial charge in [0.15, 0.2) is 16.9 Å². The van der Waals surface area contributed by atoms with Crippen LogP contribution in [0.4, 0.5) is 27.4 Å². The maximum Gasteiger partial charge on any atom is 0.408 e. The number of rotatable bonds is 15. The lowest BCUT2D eigenvalue weighted by Crippen LogP contribution is -2.54. The fourth-order valence-corrected chi connectivity index (χ4v) is 14.3. The number of carbonyl (C=O) groups excluding carboxylic acids is 2. The molecule has 12 rings (SSSR count). The quantitative estimate of drug-likeness (QED) is 0.0240. The summed E-state index contributed by atoms with van der Waals surface area (Å²) in [5.41, 5.74) is 13.2. The van der Waals surface area contributed by atoms with Gasteiger partial charge in [-0.25, -0.2) is 39.5 Å². The Morgan fingerprint density at radius 1 is 0.509 bits per heavy atom. The molecule has 0 unspecified atom stereocenters. The van der Waals surface area contributed by atoms with Crippen molar-refractivity contribution in [3.63, 3.8) is 0 Å². The molecule has 3 aliphatic heterocycles. The minimum absolute atomic E-state index is 0.0936. The molecule has 0 spiro atoms. The highest BCUT2D eigenvalue weighted by Gasteiger charge is 2.36. The summed E-state index contributed by atoms with van der Waals surface area (Å²) >= 11 is 46.8. The lowest BCUT2D eigenvalue weighted by Gasteiger charge is -2.40. The van der Waals surface area contributed by atoms with Crippen molar-refractivity contribution in [3.8, 4) is 0 Å². The van der Waals surface area contributed by atoms with Crippen molar-refractivity contribution in [3.05, 3.63) is 145 Å². The number of nitrogens with one attached hydrogen (secondary N) is 3. The fraction of sp³-hybridized carbons (Fsp3) is 0.406. The average molecular weight is 1720 g/mol. The van der Waals surface area contributed by atoms with Gasteiger partial charge in [0.25, 0.3) is 0 Å². The van der Waals surface area contributed by atoms with Crippen molar-refractivity contribution in [1.29, 1.82) is 5.53 Å². The molecule has 108 heavy (non-hydrogen) atoms. The highest BCUT2D eigenvalue weighted by atomic mass is 79.9. The minimum Gasteiger partial charge on any atom is -0.444 e. The van der Waals surface area contributed by atoms with Crippen molar-refractivity contribution >= 4 is 169 Å². The summed E-state index contributed by atoms with van der Waals surface area (Å²) in [4.78, 5) is 62.8. The Bertz CT molecular complexity index is 4720. The van der Waals surface area contributed by atoms with Crippen LogP contribution in [0.25, 0.3) is 16.9 Å². The molecular formula is C64H77BrCl6N30O4S3. The molecule has 3 aliphatic rings. The number of thiol groups is 1. The SMILES string of the molecule is CC1(N)CCN(c2ncc(Sc3cccc(Cl)c3Cl)c3nccn23)CC1.CC1(NC(=O)OC(C)(C)C)CCN(c2ncc(Br)c3nccn23)CC1.CC1(NC(=O)OC(C)(C)C)CCN(c2ncc(Sc3cccc(Cl)c3Cl)c3nccn23)CC1.N=N/N=N/N=N/N=N/N=N/N=N/N=N/N.Sc1cccc(Cl)c1Cl. The molecule has 0 atom stereocenters. The second kappa shape index (κ2) is 39.4. The van der Waals surface area contributed by atoms with Crippen LogP contribution in [0.1, 0.15) is 101 Å². The van der Waals surface area contributed by atoms with Crippen molar-refractivity contribution in [2.75, 3.05) is 54.0 Å². The van der Waals surface area contributed by atoms with E-state index in [9.17, 15) is 9.59 Å². The number of carbonyl (C=O) groups is 2. The number of ether oxygens (including phenoxy) is 2. The number of fused-ring (bicyclic) bond motifs is 3. The molecule has 0 aliphatic carbocycles. The lowest BCUT2D eigenvalue weighted by atomic mass is 9.90. The number of imidazole rings is 3. The van der Waals surface area contributed by atoms with E-state index in [0.29, 0.717) is 35.0 Å². The van der Waals surface area contributed by atoms with Crippen LogP contribution in [0.5, 0.6) is 0 Å². The molecule has 2 amide bonds. The van der Waals surface area contributed by atoms with Gasteiger partial charge in [0, 0.05) is 126 Å². The van der Waals surface area contributed by atoms with E-state index in [4.69, 9.17) is 100 Å². The number of nitrogens with two attached hydrogens (primary N) is 2. The first-order valence-corrected chi connectivity index (χ1v) is 37.9. The van der Waals surface area contributed by atoms with Crippen LogP contribution in [0.2, 0.25) is 30.1 Å². The summed E-state index contributed by atoms with van der Waals surface area (Å²) in [6, 6.07) is 16.5. The zero-order valence-corrected chi connectivity index (χ0v) is 68.4. The molecule has 0 radical (unpaired) electrons. The number of hydrogen-bond acceptors (Lipinski definition) is 19. The molecule has 6 aromatic heterocycles. The molecule has 3 aromatic carbocycles. The number of piperidine rings is 3. The monoisotopic (exact) mass is 1710 g/mol. The van der Waals surface area contributed by atoms with Gasteiger partial charge in [0.2, 0.25) is 17.8 Å². The van der Waals surface area contributed by atoms with Crippen LogP contribution < -0.4 is 36.9 Å². The van der Waals surface area contributed by atoms with Crippen molar-refractivity contribution in [1.82, 2.24) is 53.7 Å². The molecule has 7 N–H and O–H groups in total. The Hall–Kier alpha value is -8.31. The molecule has 574 valence electrons. The van der Waals surface area contributed by atoms with Crippen molar-refractivity contribution < 1.29 is 19.1 Å². The van der Waals surface area contributed by atoms with Gasteiger partial charge in [-0.1, -0.05) is 117 Å². The molecule has 3 saturated heterocycles. The number of alkyl carbamates (subject to hydrolysis) is 2. The van der Waals surface area contributed by atoms with Gasteiger partial charge in [-0.2, -0.15) is 5.53 Å². The first-order valence-electron chi connectivity index (χ1n) is 32.8. The second-order valence-electron chi connectivity index (χ2n) is 26.7. The van der Waals surface area contributed by atoms with E-state index >= 15 is 0 Å². The minimum atomic E-state index is -0.521. The van der Waals surface area contributed by atoms with Crippen LogP contribution >= 0.6 is 122 Å². The summed E-state index contributed by atoms with van der Waals surface area (Å²) in [5, 5.41) is 46.5. The first-order chi connectivity index (χ1) is 51.3. The standard InChI is InChI=1S/C23H27Cl2N5O2S.C18H19Cl2N5S.C17H24BrN5O2.C6H4Cl2S.H3N15/c1-22(2,3)32-21(31)28-23(4)8-11-29(12-9-23)20-27-14-17(19-26-10-13-30(19)20)33-16-7-5-6-15(24)18(16)25;1-18(21)5-8-24(9-6-18)17-23-11-14(16-22-7-10-25(16)17)26-13-4-2-3-12(19)15(13)20;1-16(2,3)25-15(24)21-17(4)5-8-22(9-6-17)14-20-11-12(18)13-19-7-10-23(13)14;7-4-2-1-3-5(9)6(4)8;1-3-5-7-9-11-13-15-14-12-10-8-6-4-2/h5-7,10,13-14H,8-9,11-12H2,1-4H3,(H,28,31);2-4,7,10-11H,5-6,8-9,21H2,1H3;7,10-11H,5-6,8-9H2,1-4H3,(H,21,24);1-3,9H;(H3,1,2,5,6,9,10,13,14). The second-order valence-corrected chi connectivity index (χ2v) is 32.5. The maximum atomic E-state index is 12.3. The van der Waals surface area contributed by atoms with E-state index in [1.807, 2.05) is 110 Å². The van der Waals surface area contributed by atoms with Crippen molar-refractivity contribution in [2.45, 2.75) is 153 Å².